The van der Waals surface area contributed by atoms with Crippen molar-refractivity contribution in [3.05, 3.63) is 0 Å². The quantitative estimate of drug-likeness (QED) is 0.672. The van der Waals surface area contributed by atoms with Crippen LogP contribution >= 0.6 is 0 Å². The third kappa shape index (κ3) is 3.10. The molecule has 5 nitrogen and oxygen atoms in total. The van der Waals surface area contributed by atoms with Crippen molar-refractivity contribution in [2.24, 2.45) is 0 Å². The molecule has 0 saturated carbocycles. The van der Waals surface area contributed by atoms with Crippen LogP contribution in [-0.2, 0) is 4.74 Å². The van der Waals surface area contributed by atoms with Crippen LogP contribution in [-0.4, -0.2) is 66.8 Å². The van der Waals surface area contributed by atoms with Crippen molar-refractivity contribution in [2.75, 3.05) is 39.3 Å². The van der Waals surface area contributed by atoms with Gasteiger partial charge in [-0.15, -0.1) is 0 Å². The molecule has 2 rings (SSSR count). The summed E-state index contributed by atoms with van der Waals surface area (Å²) in [6.45, 7) is 10.9. The first-order valence-electron chi connectivity index (χ1n) is 6.40. The third-order valence-corrected chi connectivity index (χ3v) is 3.23. The average Bonchev–Trinajstić information content (AvgIpc) is 2.26. The zero-order valence-electron chi connectivity index (χ0n) is 11.0. The van der Waals surface area contributed by atoms with Crippen molar-refractivity contribution in [1.82, 2.24) is 15.1 Å². The highest BCUT2D eigenvalue weighted by Gasteiger charge is 2.35. The molecule has 1 N–H and O–H groups in total. The molecule has 1 unspecified atom stereocenters. The number of piperazine rings is 1. The van der Waals surface area contributed by atoms with E-state index in [4.69, 9.17) is 4.74 Å². The number of carbonyl (C=O) groups is 1. The molecular weight excluding hydrogens is 218 g/mol. The summed E-state index contributed by atoms with van der Waals surface area (Å²) in [5.74, 6) is 0. The summed E-state index contributed by atoms with van der Waals surface area (Å²) < 4.78 is 5.82. The minimum absolute atomic E-state index is 0.116. The Morgan fingerprint density at radius 3 is 2.53 bits per heavy atom. The van der Waals surface area contributed by atoms with Crippen LogP contribution in [0.3, 0.4) is 0 Å². The molecular formula is C12H23N3O2. The molecule has 2 fully saturated rings. The number of rotatable bonds is 0. The molecule has 1 atom stereocenters. The predicted octanol–water partition coefficient (Wildman–Crippen LogP) is 0.511. The second-order valence-corrected chi connectivity index (χ2v) is 5.59. The number of nitrogens with zero attached hydrogens (tertiary/aromatic N) is 2. The van der Waals surface area contributed by atoms with E-state index >= 15 is 0 Å². The average molecular weight is 241 g/mol. The van der Waals surface area contributed by atoms with Gasteiger partial charge in [0.1, 0.15) is 0 Å². The highest BCUT2D eigenvalue weighted by Crippen LogP contribution is 2.21. The second kappa shape index (κ2) is 4.82. The Hall–Kier alpha value is -0.810. The number of nitrogens with one attached hydrogen (secondary N) is 1. The molecule has 0 bridgehead atoms. The molecule has 2 saturated heterocycles. The first kappa shape index (κ1) is 12.6. The second-order valence-electron chi connectivity index (χ2n) is 5.59. The Morgan fingerprint density at radius 2 is 1.94 bits per heavy atom. The van der Waals surface area contributed by atoms with Crippen LogP contribution in [0.2, 0.25) is 0 Å². The molecule has 2 heterocycles. The van der Waals surface area contributed by atoms with Crippen molar-refractivity contribution in [3.63, 3.8) is 0 Å². The maximum atomic E-state index is 12.4. The maximum absolute atomic E-state index is 12.4. The first-order chi connectivity index (χ1) is 7.98. The van der Waals surface area contributed by atoms with Gasteiger partial charge in [0.2, 0.25) is 0 Å². The topological polar surface area (TPSA) is 44.8 Å². The normalized spacial score (nSPS) is 29.2. The van der Waals surface area contributed by atoms with E-state index in [2.05, 4.69) is 5.32 Å². The number of morpholine rings is 1. The molecule has 0 aromatic heterocycles. The standard InChI is InChI=1S/C12H23N3O2/c1-10-8-15(9-12(2,3)17-10)11(16)14-6-4-13-5-7-14/h10,13H,4-9H2,1-3H3. The van der Waals surface area contributed by atoms with Gasteiger partial charge in [0.05, 0.1) is 18.2 Å². The van der Waals surface area contributed by atoms with Crippen molar-refractivity contribution < 1.29 is 9.53 Å². The van der Waals surface area contributed by atoms with Gasteiger partial charge in [0.15, 0.2) is 0 Å². The van der Waals surface area contributed by atoms with E-state index in [1.54, 1.807) is 0 Å². The zero-order chi connectivity index (χ0) is 12.5. The molecule has 0 spiro atoms. The van der Waals surface area contributed by atoms with E-state index in [1.807, 2.05) is 30.6 Å². The van der Waals surface area contributed by atoms with Crippen LogP contribution in [0.5, 0.6) is 0 Å². The van der Waals surface area contributed by atoms with Gasteiger partial charge in [-0.2, -0.15) is 0 Å². The van der Waals surface area contributed by atoms with Gasteiger partial charge in [-0.1, -0.05) is 0 Å². The number of ether oxygens (including phenoxy) is 1. The molecule has 0 radical (unpaired) electrons. The molecule has 2 amide bonds. The molecule has 2 aliphatic rings. The van der Waals surface area contributed by atoms with Crippen molar-refractivity contribution in [2.45, 2.75) is 32.5 Å². The fourth-order valence-electron chi connectivity index (χ4n) is 2.66. The Kier molecular flexibility index (Phi) is 3.58. The van der Waals surface area contributed by atoms with Gasteiger partial charge in [-0.25, -0.2) is 4.79 Å². The smallest absolute Gasteiger partial charge is 0.320 e. The molecule has 0 aromatic rings. The van der Waals surface area contributed by atoms with Crippen LogP contribution in [0.15, 0.2) is 0 Å². The Morgan fingerprint density at radius 1 is 1.29 bits per heavy atom. The molecule has 2 aliphatic heterocycles. The molecule has 0 aromatic carbocycles. The minimum Gasteiger partial charge on any atom is -0.369 e. The van der Waals surface area contributed by atoms with E-state index in [1.165, 1.54) is 0 Å². The number of hydrogen-bond acceptors (Lipinski definition) is 3. The fraction of sp³-hybridized carbons (Fsp3) is 0.917. The van der Waals surface area contributed by atoms with E-state index in [9.17, 15) is 4.79 Å². The Bertz CT molecular complexity index is 287. The molecule has 0 aliphatic carbocycles. The van der Waals surface area contributed by atoms with Crippen LogP contribution in [0, 0.1) is 0 Å². The summed E-state index contributed by atoms with van der Waals surface area (Å²) in [4.78, 5) is 16.2. The van der Waals surface area contributed by atoms with Crippen molar-refractivity contribution >= 4 is 6.03 Å². The summed E-state index contributed by atoms with van der Waals surface area (Å²) >= 11 is 0. The summed E-state index contributed by atoms with van der Waals surface area (Å²) in [6, 6.07) is 0.162. The monoisotopic (exact) mass is 241 g/mol. The van der Waals surface area contributed by atoms with Gasteiger partial charge in [0.25, 0.3) is 0 Å². The van der Waals surface area contributed by atoms with Crippen LogP contribution in [0.1, 0.15) is 20.8 Å². The van der Waals surface area contributed by atoms with Gasteiger partial charge in [-0.05, 0) is 20.8 Å². The highest BCUT2D eigenvalue weighted by molar-refractivity contribution is 5.74. The third-order valence-electron chi connectivity index (χ3n) is 3.23. The Balaban J connectivity index is 1.98. The van der Waals surface area contributed by atoms with Gasteiger partial charge in [-0.3, -0.25) is 0 Å². The van der Waals surface area contributed by atoms with E-state index in [0.717, 1.165) is 26.2 Å². The van der Waals surface area contributed by atoms with Crippen LogP contribution in [0.4, 0.5) is 4.79 Å². The van der Waals surface area contributed by atoms with Gasteiger partial charge >= 0.3 is 6.03 Å². The zero-order valence-corrected chi connectivity index (χ0v) is 11.0. The lowest BCUT2D eigenvalue weighted by atomic mass is 10.1. The number of carbonyl (C=O) groups excluding carboxylic acids is 1. The van der Waals surface area contributed by atoms with E-state index in [0.29, 0.717) is 13.1 Å². The lowest BCUT2D eigenvalue weighted by Gasteiger charge is -2.43. The summed E-state index contributed by atoms with van der Waals surface area (Å²) in [6.07, 6.45) is 0.116. The lowest BCUT2D eigenvalue weighted by Crippen LogP contribution is -2.59. The summed E-state index contributed by atoms with van der Waals surface area (Å²) in [7, 11) is 0. The summed E-state index contributed by atoms with van der Waals surface area (Å²) in [5.41, 5.74) is -0.235. The number of urea groups is 1. The first-order valence-corrected chi connectivity index (χ1v) is 6.40. The fourth-order valence-corrected chi connectivity index (χ4v) is 2.66. The molecule has 17 heavy (non-hydrogen) atoms. The number of hydrogen-bond donors (Lipinski definition) is 1. The lowest BCUT2D eigenvalue weighted by molar-refractivity contribution is -0.119. The maximum Gasteiger partial charge on any atom is 0.320 e. The Labute approximate surface area is 103 Å². The SMILES string of the molecule is CC1CN(C(=O)N2CCNCC2)CC(C)(C)O1. The van der Waals surface area contributed by atoms with Crippen LogP contribution < -0.4 is 5.32 Å². The van der Waals surface area contributed by atoms with E-state index in [-0.39, 0.29) is 17.7 Å². The van der Waals surface area contributed by atoms with Gasteiger partial charge in [0, 0.05) is 32.7 Å². The summed E-state index contributed by atoms with van der Waals surface area (Å²) in [5, 5.41) is 3.26. The number of amides is 2. The minimum atomic E-state index is -0.235. The van der Waals surface area contributed by atoms with Gasteiger partial charge < -0.3 is 19.9 Å². The predicted molar refractivity (Wildman–Crippen MR) is 66.0 cm³/mol. The van der Waals surface area contributed by atoms with Crippen molar-refractivity contribution in [3.8, 4) is 0 Å². The molecule has 5 heteroatoms. The largest absolute Gasteiger partial charge is 0.369 e. The molecule has 98 valence electrons. The van der Waals surface area contributed by atoms with E-state index < -0.39 is 0 Å². The highest BCUT2D eigenvalue weighted by atomic mass is 16.5. The van der Waals surface area contributed by atoms with Crippen LogP contribution in [0.25, 0.3) is 0 Å². The van der Waals surface area contributed by atoms with Crippen molar-refractivity contribution in [1.29, 1.82) is 0 Å².